The van der Waals surface area contributed by atoms with Crippen molar-refractivity contribution < 1.29 is 4.39 Å². The van der Waals surface area contributed by atoms with E-state index in [4.69, 9.17) is 0 Å². The monoisotopic (exact) mass is 391 g/mol. The number of aliphatic imine (C=N–C) groups is 1. The zero-order chi connectivity index (χ0) is 20.2. The molecule has 3 unspecified atom stereocenters. The largest absolute Gasteiger partial charge is 0.368 e. The van der Waals surface area contributed by atoms with Gasteiger partial charge in [0.2, 0.25) is 0 Å². The second-order valence-corrected chi connectivity index (χ2v) is 7.75. The lowest BCUT2D eigenvalue weighted by molar-refractivity contribution is 0.467. The van der Waals surface area contributed by atoms with Gasteiger partial charge in [-0.25, -0.2) is 4.39 Å². The van der Waals surface area contributed by atoms with Crippen LogP contribution in [-0.2, 0) is 0 Å². The van der Waals surface area contributed by atoms with Crippen LogP contribution >= 0.6 is 0 Å². The summed E-state index contributed by atoms with van der Waals surface area (Å²) in [7, 11) is 1.77. The summed E-state index contributed by atoms with van der Waals surface area (Å²) < 4.78 is 14.0. The van der Waals surface area contributed by atoms with Crippen molar-refractivity contribution in [1.29, 1.82) is 5.26 Å². The van der Waals surface area contributed by atoms with Gasteiger partial charge >= 0.3 is 0 Å². The maximum absolute atomic E-state index is 14.0. The Morgan fingerprint density at radius 1 is 1.17 bits per heavy atom. The second kappa shape index (κ2) is 8.52. The molecule has 2 fully saturated rings. The van der Waals surface area contributed by atoms with E-state index in [1.165, 1.54) is 6.07 Å². The van der Waals surface area contributed by atoms with Crippen molar-refractivity contribution in [3.63, 3.8) is 0 Å². The third kappa shape index (κ3) is 4.34. The Morgan fingerprint density at radius 2 is 1.97 bits per heavy atom. The van der Waals surface area contributed by atoms with Crippen molar-refractivity contribution in [3.05, 3.63) is 65.5 Å². The van der Waals surface area contributed by atoms with E-state index in [1.807, 2.05) is 36.4 Å². The van der Waals surface area contributed by atoms with E-state index >= 15 is 0 Å². The number of anilines is 1. The molecule has 150 valence electrons. The third-order valence-corrected chi connectivity index (χ3v) is 5.77. The predicted molar refractivity (Wildman–Crippen MR) is 114 cm³/mol. The molecule has 3 atom stereocenters. The van der Waals surface area contributed by atoms with E-state index < -0.39 is 0 Å². The first-order chi connectivity index (χ1) is 14.2. The predicted octanol–water partition coefficient (Wildman–Crippen LogP) is 3.39. The number of hydrogen-bond donors (Lipinski definition) is 2. The third-order valence-electron chi connectivity index (χ3n) is 5.77. The number of nitriles is 1. The molecule has 0 aromatic heterocycles. The van der Waals surface area contributed by atoms with Crippen LogP contribution < -0.4 is 15.5 Å². The summed E-state index contributed by atoms with van der Waals surface area (Å²) in [6.07, 6.45) is 3.01. The number of guanidine groups is 1. The molecule has 1 aliphatic carbocycles. The first-order valence-electron chi connectivity index (χ1n) is 10.2. The van der Waals surface area contributed by atoms with Gasteiger partial charge in [0.15, 0.2) is 5.96 Å². The molecule has 2 aromatic rings. The molecular formula is C23H26FN5. The fourth-order valence-electron chi connectivity index (χ4n) is 4.17. The SMILES string of the molecule is CN=C(NC1CCCN(c2ccccc2C#N)C1)NC1CC1c1ccccc1F. The molecule has 2 N–H and O–H groups in total. The highest BCUT2D eigenvalue weighted by Gasteiger charge is 2.40. The molecule has 2 aromatic carbocycles. The number of hydrogen-bond acceptors (Lipinski definition) is 3. The van der Waals surface area contributed by atoms with Gasteiger partial charge in [-0.2, -0.15) is 5.26 Å². The summed E-state index contributed by atoms with van der Waals surface area (Å²) in [5, 5.41) is 16.4. The molecule has 29 heavy (non-hydrogen) atoms. The van der Waals surface area contributed by atoms with Gasteiger partial charge < -0.3 is 15.5 Å². The minimum Gasteiger partial charge on any atom is -0.368 e. The van der Waals surface area contributed by atoms with Crippen LogP contribution in [0.15, 0.2) is 53.5 Å². The molecule has 6 heteroatoms. The average molecular weight is 391 g/mol. The minimum absolute atomic E-state index is 0.135. The average Bonchev–Trinajstić information content (AvgIpc) is 3.52. The minimum atomic E-state index is -0.135. The molecular weight excluding hydrogens is 365 g/mol. The van der Waals surface area contributed by atoms with E-state index in [2.05, 4.69) is 26.6 Å². The van der Waals surface area contributed by atoms with Gasteiger partial charge in [-0.05, 0) is 43.0 Å². The van der Waals surface area contributed by atoms with Crippen molar-refractivity contribution in [2.24, 2.45) is 4.99 Å². The quantitative estimate of drug-likeness (QED) is 0.620. The Morgan fingerprint density at radius 3 is 2.76 bits per heavy atom. The molecule has 0 amide bonds. The number of para-hydroxylation sites is 1. The van der Waals surface area contributed by atoms with Crippen molar-refractivity contribution >= 4 is 11.6 Å². The first kappa shape index (κ1) is 19.3. The summed E-state index contributed by atoms with van der Waals surface area (Å²) in [5.41, 5.74) is 2.48. The van der Waals surface area contributed by atoms with Crippen molar-refractivity contribution in [2.45, 2.75) is 37.3 Å². The lowest BCUT2D eigenvalue weighted by Gasteiger charge is -2.35. The Labute approximate surface area is 171 Å². The molecule has 1 saturated heterocycles. The van der Waals surface area contributed by atoms with E-state index in [0.29, 0.717) is 5.56 Å². The van der Waals surface area contributed by atoms with Gasteiger partial charge in [0, 0.05) is 38.1 Å². The van der Waals surface area contributed by atoms with Crippen LogP contribution in [0.2, 0.25) is 0 Å². The smallest absolute Gasteiger partial charge is 0.191 e. The standard InChI is InChI=1S/C23H26FN5/c1-26-23(28-21-13-19(21)18-9-3-4-10-20(18)24)27-17-8-6-12-29(15-17)22-11-5-2-7-16(22)14-25/h2-5,7,9-11,17,19,21H,6,8,12-13,15H2,1H3,(H2,26,27,28). The van der Waals surface area contributed by atoms with Crippen LogP contribution in [0.25, 0.3) is 0 Å². The zero-order valence-electron chi connectivity index (χ0n) is 16.6. The van der Waals surface area contributed by atoms with Crippen LogP contribution in [0, 0.1) is 17.1 Å². The highest BCUT2D eigenvalue weighted by Crippen LogP contribution is 2.41. The highest BCUT2D eigenvalue weighted by molar-refractivity contribution is 5.81. The van der Waals surface area contributed by atoms with E-state index in [1.54, 1.807) is 13.1 Å². The van der Waals surface area contributed by atoms with Crippen LogP contribution in [0.3, 0.4) is 0 Å². The molecule has 1 saturated carbocycles. The van der Waals surface area contributed by atoms with Crippen molar-refractivity contribution in [2.75, 3.05) is 25.0 Å². The molecule has 0 radical (unpaired) electrons. The van der Waals surface area contributed by atoms with Crippen LogP contribution in [0.1, 0.15) is 36.3 Å². The molecule has 4 rings (SSSR count). The summed E-state index contributed by atoms with van der Waals surface area (Å²) in [5.74, 6) is 0.818. The summed E-state index contributed by atoms with van der Waals surface area (Å²) in [6, 6.07) is 17.5. The van der Waals surface area contributed by atoms with E-state index in [-0.39, 0.29) is 23.8 Å². The number of nitrogens with zero attached hydrogens (tertiary/aromatic N) is 3. The summed E-state index contributed by atoms with van der Waals surface area (Å²) in [6.45, 7) is 1.77. The summed E-state index contributed by atoms with van der Waals surface area (Å²) in [4.78, 5) is 6.64. The topological polar surface area (TPSA) is 63.5 Å². The maximum atomic E-state index is 14.0. The second-order valence-electron chi connectivity index (χ2n) is 7.75. The van der Waals surface area contributed by atoms with E-state index in [0.717, 1.165) is 49.6 Å². The zero-order valence-corrected chi connectivity index (χ0v) is 16.6. The lowest BCUT2D eigenvalue weighted by atomic mass is 10.0. The fourth-order valence-corrected chi connectivity index (χ4v) is 4.17. The van der Waals surface area contributed by atoms with Gasteiger partial charge in [0.05, 0.1) is 11.3 Å². The fraction of sp³-hybridized carbons (Fsp3) is 0.391. The Balaban J connectivity index is 1.36. The van der Waals surface area contributed by atoms with Crippen LogP contribution in [0.4, 0.5) is 10.1 Å². The van der Waals surface area contributed by atoms with Gasteiger partial charge in [0.25, 0.3) is 0 Å². The van der Waals surface area contributed by atoms with Gasteiger partial charge in [-0.3, -0.25) is 4.99 Å². The molecule has 1 aliphatic heterocycles. The van der Waals surface area contributed by atoms with Crippen molar-refractivity contribution in [1.82, 2.24) is 10.6 Å². The normalized spacial score (nSPS) is 24.0. The lowest BCUT2D eigenvalue weighted by Crippen LogP contribution is -2.51. The highest BCUT2D eigenvalue weighted by atomic mass is 19.1. The summed E-state index contributed by atoms with van der Waals surface area (Å²) >= 11 is 0. The van der Waals surface area contributed by atoms with Crippen LogP contribution in [0.5, 0.6) is 0 Å². The number of halogens is 1. The van der Waals surface area contributed by atoms with Gasteiger partial charge in [-0.1, -0.05) is 30.3 Å². The Hall–Kier alpha value is -3.07. The van der Waals surface area contributed by atoms with Crippen molar-refractivity contribution in [3.8, 4) is 6.07 Å². The molecule has 1 heterocycles. The Kier molecular flexibility index (Phi) is 5.66. The number of nitrogens with one attached hydrogen (secondary N) is 2. The molecule has 0 bridgehead atoms. The molecule has 2 aliphatic rings. The van der Waals surface area contributed by atoms with E-state index in [9.17, 15) is 9.65 Å². The number of benzene rings is 2. The Bertz CT molecular complexity index is 935. The number of piperidine rings is 1. The van der Waals surface area contributed by atoms with Gasteiger partial charge in [-0.15, -0.1) is 0 Å². The molecule has 5 nitrogen and oxygen atoms in total. The maximum Gasteiger partial charge on any atom is 0.191 e. The van der Waals surface area contributed by atoms with Crippen LogP contribution in [-0.4, -0.2) is 38.2 Å². The van der Waals surface area contributed by atoms with Gasteiger partial charge in [0.1, 0.15) is 11.9 Å². The molecule has 0 spiro atoms. The number of rotatable bonds is 4. The first-order valence-corrected chi connectivity index (χ1v) is 10.2.